The summed E-state index contributed by atoms with van der Waals surface area (Å²) in [5.74, 6) is 1.24. The van der Waals surface area contributed by atoms with Crippen molar-refractivity contribution in [1.82, 2.24) is 29.4 Å². The first kappa shape index (κ1) is 19.2. The zero-order valence-corrected chi connectivity index (χ0v) is 18.0. The van der Waals surface area contributed by atoms with Crippen LogP contribution in [0.3, 0.4) is 0 Å². The van der Waals surface area contributed by atoms with Crippen LogP contribution in [0.15, 0.2) is 12.4 Å². The Kier molecular flexibility index (Phi) is 4.03. The van der Waals surface area contributed by atoms with Crippen LogP contribution in [-0.4, -0.2) is 29.4 Å². The Morgan fingerprint density at radius 1 is 1.19 bits per heavy atom. The summed E-state index contributed by atoms with van der Waals surface area (Å²) in [6, 6.07) is 0.677. The number of aryl methyl sites for hydroxylation is 1. The molecule has 0 N–H and O–H groups in total. The van der Waals surface area contributed by atoms with Crippen LogP contribution in [-0.2, 0) is 19.0 Å². The lowest BCUT2D eigenvalue weighted by molar-refractivity contribution is -0.141. The zero-order valence-electron chi connectivity index (χ0n) is 17.1. The van der Waals surface area contributed by atoms with Gasteiger partial charge in [0.1, 0.15) is 17.2 Å². The first-order valence-corrected chi connectivity index (χ1v) is 11.4. The van der Waals surface area contributed by atoms with Crippen molar-refractivity contribution in [3.63, 3.8) is 0 Å². The molecule has 0 aromatic carbocycles. The Morgan fingerprint density at radius 2 is 2.00 bits per heavy atom. The number of halogens is 3. The van der Waals surface area contributed by atoms with Crippen molar-refractivity contribution < 1.29 is 13.2 Å². The van der Waals surface area contributed by atoms with E-state index >= 15 is 0 Å². The van der Waals surface area contributed by atoms with Crippen molar-refractivity contribution >= 4 is 27.2 Å². The molecule has 10 heteroatoms. The quantitative estimate of drug-likeness (QED) is 0.436. The average molecular weight is 447 g/mol. The fourth-order valence-corrected chi connectivity index (χ4v) is 5.93. The summed E-state index contributed by atoms with van der Waals surface area (Å²) in [4.78, 5) is 11.7. The average Bonchev–Trinajstić information content (AvgIpc) is 3.16. The molecule has 0 unspecified atom stereocenters. The van der Waals surface area contributed by atoms with E-state index in [9.17, 15) is 13.2 Å². The molecule has 6 nitrogen and oxygen atoms in total. The predicted molar refractivity (Wildman–Crippen MR) is 110 cm³/mol. The second-order valence-corrected chi connectivity index (χ2v) is 9.95. The van der Waals surface area contributed by atoms with E-state index in [1.165, 1.54) is 21.2 Å². The van der Waals surface area contributed by atoms with Crippen LogP contribution in [0.1, 0.15) is 72.7 Å². The summed E-state index contributed by atoms with van der Waals surface area (Å²) in [5, 5.41) is 9.53. The number of hydrogen-bond donors (Lipinski definition) is 0. The Morgan fingerprint density at radius 3 is 2.74 bits per heavy atom. The molecule has 162 valence electrons. The summed E-state index contributed by atoms with van der Waals surface area (Å²) >= 11 is 1.72. The van der Waals surface area contributed by atoms with Gasteiger partial charge in [-0.3, -0.25) is 4.68 Å². The van der Waals surface area contributed by atoms with Gasteiger partial charge in [-0.25, -0.2) is 14.5 Å². The minimum Gasteiger partial charge on any atom is -0.258 e. The number of rotatable bonds is 3. The minimum atomic E-state index is -4.47. The predicted octanol–water partition coefficient (Wildman–Crippen LogP) is 5.17. The molecule has 4 aromatic heterocycles. The number of nitrogens with zero attached hydrogens (tertiary/aromatic N) is 6. The van der Waals surface area contributed by atoms with E-state index < -0.39 is 17.9 Å². The van der Waals surface area contributed by atoms with E-state index in [2.05, 4.69) is 22.1 Å². The van der Waals surface area contributed by atoms with E-state index in [1.807, 2.05) is 6.92 Å². The molecular formula is C21H21F3N6S. The lowest BCUT2D eigenvalue weighted by atomic mass is 9.89. The first-order valence-electron chi connectivity index (χ1n) is 10.6. The number of aromatic nitrogens is 6. The molecule has 1 saturated carbocycles. The third-order valence-corrected chi connectivity index (χ3v) is 7.60. The second-order valence-electron chi connectivity index (χ2n) is 8.86. The van der Waals surface area contributed by atoms with E-state index in [4.69, 9.17) is 4.98 Å². The van der Waals surface area contributed by atoms with Gasteiger partial charge >= 0.3 is 6.18 Å². The fraction of sp³-hybridized carbons (Fsp3) is 0.524. The van der Waals surface area contributed by atoms with Gasteiger partial charge in [0.15, 0.2) is 17.2 Å². The van der Waals surface area contributed by atoms with Crippen molar-refractivity contribution in [1.29, 1.82) is 0 Å². The largest absolute Gasteiger partial charge is 0.435 e. The van der Waals surface area contributed by atoms with Crippen LogP contribution in [0, 0.1) is 5.92 Å². The molecule has 4 heterocycles. The molecule has 0 amide bonds. The highest BCUT2D eigenvalue weighted by atomic mass is 32.1. The van der Waals surface area contributed by atoms with E-state index in [0.717, 1.165) is 48.0 Å². The maximum Gasteiger partial charge on any atom is 0.435 e. The monoisotopic (exact) mass is 446 g/mol. The van der Waals surface area contributed by atoms with Gasteiger partial charge in [0.25, 0.3) is 0 Å². The summed E-state index contributed by atoms with van der Waals surface area (Å²) < 4.78 is 43.0. The van der Waals surface area contributed by atoms with E-state index in [1.54, 1.807) is 22.2 Å². The highest BCUT2D eigenvalue weighted by molar-refractivity contribution is 7.19. The molecule has 1 fully saturated rings. The molecule has 0 aliphatic heterocycles. The van der Waals surface area contributed by atoms with Gasteiger partial charge in [-0.05, 0) is 56.6 Å². The molecule has 0 saturated heterocycles. The Hall–Kier alpha value is -2.49. The third-order valence-electron chi connectivity index (χ3n) is 6.44. The van der Waals surface area contributed by atoms with E-state index in [-0.39, 0.29) is 5.92 Å². The Labute approximate surface area is 180 Å². The number of fused-ring (bicyclic) bond motifs is 5. The van der Waals surface area contributed by atoms with Gasteiger partial charge in [-0.2, -0.15) is 18.3 Å². The summed E-state index contributed by atoms with van der Waals surface area (Å²) in [6.45, 7) is 4.08. The summed E-state index contributed by atoms with van der Waals surface area (Å²) in [7, 11) is 0. The molecule has 0 spiro atoms. The highest BCUT2D eigenvalue weighted by Gasteiger charge is 2.39. The van der Waals surface area contributed by atoms with Gasteiger partial charge in [-0.1, -0.05) is 6.92 Å². The summed E-state index contributed by atoms with van der Waals surface area (Å²) in [6.07, 6.45) is 2.14. The van der Waals surface area contributed by atoms with Gasteiger partial charge in [0.05, 0.1) is 5.39 Å². The number of alkyl halides is 3. The molecule has 31 heavy (non-hydrogen) atoms. The normalized spacial score (nSPS) is 20.5. The van der Waals surface area contributed by atoms with Gasteiger partial charge in [0, 0.05) is 16.5 Å². The van der Waals surface area contributed by atoms with E-state index in [0.29, 0.717) is 17.4 Å². The molecule has 4 aromatic rings. The highest BCUT2D eigenvalue weighted by Crippen LogP contribution is 2.43. The van der Waals surface area contributed by atoms with Crippen LogP contribution in [0.4, 0.5) is 13.2 Å². The second kappa shape index (κ2) is 6.51. The molecule has 2 aliphatic rings. The minimum absolute atomic E-state index is 0.127. The SMILES string of the molecule is C[C@@H]1CCc2c(sc3ncn4nc([C@@H](C)n5nc(C(F)(F)F)cc5C5CC5)nc4c23)C1. The van der Waals surface area contributed by atoms with Crippen molar-refractivity contribution in [3.8, 4) is 0 Å². The van der Waals surface area contributed by atoms with Crippen molar-refractivity contribution in [3.05, 3.63) is 40.0 Å². The van der Waals surface area contributed by atoms with Crippen molar-refractivity contribution in [2.45, 2.75) is 64.1 Å². The molecule has 0 bridgehead atoms. The standard InChI is InChI=1S/C21H21F3N6S/c1-10-3-6-13-15(7-10)31-20-17(13)19-26-18(28-29(19)9-25-20)11(2)30-14(12-4-5-12)8-16(27-30)21(22,23)24/h8-12H,3-7H2,1-2H3/t10-,11-/m1/s1. The molecular weight excluding hydrogens is 425 g/mol. The van der Waals surface area contributed by atoms with Crippen molar-refractivity contribution in [2.24, 2.45) is 5.92 Å². The maximum absolute atomic E-state index is 13.3. The molecule has 2 atom stereocenters. The fourth-order valence-electron chi connectivity index (χ4n) is 4.58. The Bertz CT molecular complexity index is 1310. The lowest BCUT2D eigenvalue weighted by Crippen LogP contribution is -2.15. The summed E-state index contributed by atoms with van der Waals surface area (Å²) in [5.41, 5.74) is 1.80. The third kappa shape index (κ3) is 3.06. The lowest BCUT2D eigenvalue weighted by Gasteiger charge is -2.17. The number of thiophene rings is 1. The molecule has 0 radical (unpaired) electrons. The number of hydrogen-bond acceptors (Lipinski definition) is 5. The zero-order chi connectivity index (χ0) is 21.5. The van der Waals surface area contributed by atoms with Crippen LogP contribution < -0.4 is 0 Å². The van der Waals surface area contributed by atoms with Crippen LogP contribution >= 0.6 is 11.3 Å². The van der Waals surface area contributed by atoms with Crippen molar-refractivity contribution in [2.75, 3.05) is 0 Å². The van der Waals surface area contributed by atoms with Crippen LogP contribution in [0.5, 0.6) is 0 Å². The topological polar surface area (TPSA) is 60.9 Å². The Balaban J connectivity index is 1.47. The first-order chi connectivity index (χ1) is 14.8. The smallest absolute Gasteiger partial charge is 0.258 e. The molecule has 6 rings (SSSR count). The van der Waals surface area contributed by atoms with Gasteiger partial charge in [0.2, 0.25) is 0 Å². The van der Waals surface area contributed by atoms with Crippen LogP contribution in [0.25, 0.3) is 15.9 Å². The van der Waals surface area contributed by atoms with Gasteiger partial charge in [-0.15, -0.1) is 16.4 Å². The maximum atomic E-state index is 13.3. The molecule has 2 aliphatic carbocycles. The van der Waals surface area contributed by atoms with Crippen LogP contribution in [0.2, 0.25) is 0 Å². The van der Waals surface area contributed by atoms with Gasteiger partial charge < -0.3 is 0 Å².